The Hall–Kier alpha value is -4.56. The fraction of sp³-hybridized carbons (Fsp3) is 0.161. The first kappa shape index (κ1) is 26.1. The van der Waals surface area contributed by atoms with Crippen LogP contribution in [-0.4, -0.2) is 38.5 Å². The molecular weight excluding hydrogens is 510 g/mol. The Labute approximate surface area is 232 Å². The van der Waals surface area contributed by atoms with E-state index in [1.54, 1.807) is 34.6 Å². The SMILES string of the molecule is COc1cc(Cc2nccc3cc(OC)c(OC)cc23)c(NC(=S)Nc2cccc3ccccc23)cc1OC. The minimum absolute atomic E-state index is 0.456. The fourth-order valence-electron chi connectivity index (χ4n) is 4.67. The quantitative estimate of drug-likeness (QED) is 0.208. The number of rotatable bonds is 8. The normalized spacial score (nSPS) is 10.8. The summed E-state index contributed by atoms with van der Waals surface area (Å²) in [6.07, 6.45) is 2.30. The number of ether oxygens (including phenoxy) is 4. The van der Waals surface area contributed by atoms with Crippen LogP contribution >= 0.6 is 12.2 Å². The summed E-state index contributed by atoms with van der Waals surface area (Å²) in [6, 6.07) is 24.0. The first-order valence-corrected chi connectivity index (χ1v) is 12.8. The molecule has 0 unspecified atom stereocenters. The number of nitrogens with zero attached hydrogens (tertiary/aromatic N) is 1. The molecule has 5 aromatic rings. The molecule has 1 heterocycles. The van der Waals surface area contributed by atoms with Crippen molar-refractivity contribution in [2.45, 2.75) is 6.42 Å². The lowest BCUT2D eigenvalue weighted by Gasteiger charge is -2.18. The molecule has 0 saturated heterocycles. The van der Waals surface area contributed by atoms with E-state index in [4.69, 9.17) is 36.1 Å². The maximum atomic E-state index is 5.74. The Kier molecular flexibility index (Phi) is 7.65. The van der Waals surface area contributed by atoms with Crippen LogP contribution < -0.4 is 29.6 Å². The minimum atomic E-state index is 0.456. The zero-order valence-electron chi connectivity index (χ0n) is 22.2. The second kappa shape index (κ2) is 11.4. The number of benzene rings is 4. The Morgan fingerprint density at radius 3 is 2.08 bits per heavy atom. The van der Waals surface area contributed by atoms with Gasteiger partial charge in [0.2, 0.25) is 0 Å². The highest BCUT2D eigenvalue weighted by Gasteiger charge is 2.16. The molecule has 0 fully saturated rings. The van der Waals surface area contributed by atoms with Crippen LogP contribution in [0.1, 0.15) is 11.3 Å². The first-order chi connectivity index (χ1) is 19.0. The molecule has 39 heavy (non-hydrogen) atoms. The van der Waals surface area contributed by atoms with Gasteiger partial charge in [0.05, 0.1) is 34.1 Å². The van der Waals surface area contributed by atoms with Crippen LogP contribution in [0.2, 0.25) is 0 Å². The van der Waals surface area contributed by atoms with Gasteiger partial charge in [-0.25, -0.2) is 0 Å². The zero-order valence-corrected chi connectivity index (χ0v) is 23.0. The van der Waals surface area contributed by atoms with Gasteiger partial charge in [-0.15, -0.1) is 0 Å². The van der Waals surface area contributed by atoms with E-state index in [0.29, 0.717) is 34.5 Å². The van der Waals surface area contributed by atoms with Gasteiger partial charge in [-0.2, -0.15) is 0 Å². The van der Waals surface area contributed by atoms with Crippen LogP contribution in [0.25, 0.3) is 21.5 Å². The summed E-state index contributed by atoms with van der Waals surface area (Å²) in [7, 11) is 6.48. The second-order valence-electron chi connectivity index (χ2n) is 8.83. The summed E-state index contributed by atoms with van der Waals surface area (Å²) in [5.74, 6) is 2.52. The van der Waals surface area contributed by atoms with E-state index in [1.165, 1.54) is 0 Å². The van der Waals surface area contributed by atoms with Gasteiger partial charge in [0.25, 0.3) is 0 Å². The lowest BCUT2D eigenvalue weighted by molar-refractivity contribution is 0.355. The van der Waals surface area contributed by atoms with E-state index in [1.807, 2.05) is 54.6 Å². The van der Waals surface area contributed by atoms with Gasteiger partial charge in [0.1, 0.15) is 0 Å². The maximum Gasteiger partial charge on any atom is 0.175 e. The summed E-state index contributed by atoms with van der Waals surface area (Å²) < 4.78 is 22.2. The topological polar surface area (TPSA) is 73.9 Å². The van der Waals surface area contributed by atoms with Crippen molar-refractivity contribution in [3.8, 4) is 23.0 Å². The van der Waals surface area contributed by atoms with Crippen LogP contribution in [0.15, 0.2) is 79.0 Å². The van der Waals surface area contributed by atoms with Gasteiger partial charge in [-0.3, -0.25) is 4.98 Å². The number of nitrogens with one attached hydrogen (secondary N) is 2. The van der Waals surface area contributed by atoms with Crippen molar-refractivity contribution < 1.29 is 18.9 Å². The third kappa shape index (κ3) is 5.37. The molecule has 5 rings (SSSR count). The minimum Gasteiger partial charge on any atom is -0.493 e. The molecule has 0 bridgehead atoms. The predicted octanol–water partition coefficient (Wildman–Crippen LogP) is 6.82. The molecule has 1 aromatic heterocycles. The van der Waals surface area contributed by atoms with Crippen LogP contribution in [0, 0.1) is 0 Å². The first-order valence-electron chi connectivity index (χ1n) is 12.3. The summed E-state index contributed by atoms with van der Waals surface area (Å²) >= 11 is 5.74. The molecule has 4 aromatic carbocycles. The molecule has 0 radical (unpaired) electrons. The molecule has 0 amide bonds. The van der Waals surface area contributed by atoms with Crippen molar-refractivity contribution in [3.63, 3.8) is 0 Å². The molecular formula is C31H29N3O4S. The number of anilines is 2. The maximum absolute atomic E-state index is 5.74. The highest BCUT2D eigenvalue weighted by Crippen LogP contribution is 2.37. The Balaban J connectivity index is 1.51. The molecule has 0 spiro atoms. The third-order valence-electron chi connectivity index (χ3n) is 6.60. The number of fused-ring (bicyclic) bond motifs is 2. The average Bonchev–Trinajstić information content (AvgIpc) is 2.97. The second-order valence-corrected chi connectivity index (χ2v) is 9.24. The van der Waals surface area contributed by atoms with E-state index in [2.05, 4.69) is 28.8 Å². The lowest BCUT2D eigenvalue weighted by atomic mass is 10.0. The summed E-state index contributed by atoms with van der Waals surface area (Å²) in [5.41, 5.74) is 3.51. The van der Waals surface area contributed by atoms with Gasteiger partial charge in [-0.05, 0) is 58.9 Å². The predicted molar refractivity (Wildman–Crippen MR) is 161 cm³/mol. The molecule has 2 N–H and O–H groups in total. The van der Waals surface area contributed by atoms with Crippen molar-refractivity contribution >= 4 is 50.2 Å². The Morgan fingerprint density at radius 2 is 1.31 bits per heavy atom. The molecule has 0 aliphatic rings. The van der Waals surface area contributed by atoms with Crippen molar-refractivity contribution in [2.24, 2.45) is 0 Å². The van der Waals surface area contributed by atoms with Crippen molar-refractivity contribution in [3.05, 3.63) is 90.3 Å². The molecule has 198 valence electrons. The molecule has 0 aliphatic carbocycles. The van der Waals surface area contributed by atoms with E-state index < -0.39 is 0 Å². The highest BCUT2D eigenvalue weighted by atomic mass is 32.1. The molecule has 0 saturated carbocycles. The zero-order chi connectivity index (χ0) is 27.4. The number of methoxy groups -OCH3 is 4. The van der Waals surface area contributed by atoms with Crippen LogP contribution in [0.5, 0.6) is 23.0 Å². The van der Waals surface area contributed by atoms with E-state index in [9.17, 15) is 0 Å². The molecule has 0 atom stereocenters. The number of aromatic nitrogens is 1. The van der Waals surface area contributed by atoms with Gasteiger partial charge in [0.15, 0.2) is 28.1 Å². The molecule has 7 nitrogen and oxygen atoms in total. The monoisotopic (exact) mass is 539 g/mol. The molecule has 0 aliphatic heterocycles. The van der Waals surface area contributed by atoms with Gasteiger partial charge < -0.3 is 29.6 Å². The van der Waals surface area contributed by atoms with E-state index >= 15 is 0 Å². The number of hydrogen-bond donors (Lipinski definition) is 2. The van der Waals surface area contributed by atoms with Crippen LogP contribution in [0.3, 0.4) is 0 Å². The lowest BCUT2D eigenvalue weighted by Crippen LogP contribution is -2.20. The van der Waals surface area contributed by atoms with E-state index in [-0.39, 0.29) is 0 Å². The van der Waals surface area contributed by atoms with Crippen LogP contribution in [0.4, 0.5) is 11.4 Å². The van der Waals surface area contributed by atoms with E-state index in [0.717, 1.165) is 44.2 Å². The highest BCUT2D eigenvalue weighted by molar-refractivity contribution is 7.80. The fourth-order valence-corrected chi connectivity index (χ4v) is 4.89. The average molecular weight is 540 g/mol. The number of pyridine rings is 1. The number of hydrogen-bond acceptors (Lipinski definition) is 6. The Morgan fingerprint density at radius 1 is 0.667 bits per heavy atom. The van der Waals surface area contributed by atoms with Gasteiger partial charge >= 0.3 is 0 Å². The standard InChI is InChI=1S/C31H29N3O4S/c1-35-27-15-20-12-13-32-26(23(20)17-29(27)37-3)14-21-16-28(36-2)30(38-4)18-25(21)34-31(39)33-24-11-7-9-19-8-5-6-10-22(19)24/h5-13,15-18H,14H2,1-4H3,(H2,33,34,39). The van der Waals surface area contributed by atoms with Crippen molar-refractivity contribution in [1.82, 2.24) is 4.98 Å². The van der Waals surface area contributed by atoms with Crippen LogP contribution in [-0.2, 0) is 6.42 Å². The summed E-state index contributed by atoms with van der Waals surface area (Å²) in [4.78, 5) is 4.71. The van der Waals surface area contributed by atoms with Gasteiger partial charge in [0, 0.05) is 40.8 Å². The third-order valence-corrected chi connectivity index (χ3v) is 6.81. The largest absolute Gasteiger partial charge is 0.493 e. The number of thiocarbonyl (C=S) groups is 1. The van der Waals surface area contributed by atoms with Crippen molar-refractivity contribution in [1.29, 1.82) is 0 Å². The van der Waals surface area contributed by atoms with Gasteiger partial charge in [-0.1, -0.05) is 36.4 Å². The molecule has 8 heteroatoms. The summed E-state index contributed by atoms with van der Waals surface area (Å²) in [6.45, 7) is 0. The summed E-state index contributed by atoms with van der Waals surface area (Å²) in [5, 5.41) is 11.4. The smallest absolute Gasteiger partial charge is 0.175 e. The van der Waals surface area contributed by atoms with Crippen molar-refractivity contribution in [2.75, 3.05) is 39.1 Å². The Bertz CT molecular complexity index is 1670.